The van der Waals surface area contributed by atoms with Gasteiger partial charge in [-0.1, -0.05) is 58.5 Å². The Morgan fingerprint density at radius 3 is 2.42 bits per heavy atom. The zero-order valence-electron chi connectivity index (χ0n) is 11.9. The Hall–Kier alpha value is -1.18. The highest BCUT2D eigenvalue weighted by Gasteiger charge is 2.35. The number of rotatable bonds is 4. The topological polar surface area (TPSA) is 66.3 Å². The fourth-order valence-corrected chi connectivity index (χ4v) is 2.40. The van der Waals surface area contributed by atoms with Crippen LogP contribution >= 0.6 is 58.6 Å². The van der Waals surface area contributed by atoms with E-state index in [0.29, 0.717) is 10.7 Å². The standard InChI is InChI=1S/C14H11Cl4N3O2S/c15-8-4-1-2-5-9(8)19-13(24)21-12(14(16,17)18)20-11(22)10-6-3-7-23-10/h1-7,12H,(H,20,22)(H2,19,21,24)/t12-/m1/s1. The van der Waals surface area contributed by atoms with Gasteiger partial charge in [0, 0.05) is 0 Å². The molecule has 0 aliphatic carbocycles. The molecule has 0 saturated heterocycles. The number of halogens is 4. The van der Waals surface area contributed by atoms with Gasteiger partial charge in [0.2, 0.25) is 3.79 Å². The summed E-state index contributed by atoms with van der Waals surface area (Å²) >= 11 is 28.9. The average molecular weight is 427 g/mol. The summed E-state index contributed by atoms with van der Waals surface area (Å²) in [6, 6.07) is 10.0. The first-order chi connectivity index (χ1) is 11.3. The van der Waals surface area contributed by atoms with Crippen LogP contribution in [-0.4, -0.2) is 21.0 Å². The Balaban J connectivity index is 2.05. The summed E-state index contributed by atoms with van der Waals surface area (Å²) < 4.78 is 3.12. The quantitative estimate of drug-likeness (QED) is 0.385. The van der Waals surface area contributed by atoms with E-state index in [1.807, 2.05) is 0 Å². The summed E-state index contributed by atoms with van der Waals surface area (Å²) in [5, 5.41) is 8.64. The highest BCUT2D eigenvalue weighted by atomic mass is 35.6. The van der Waals surface area contributed by atoms with Crippen LogP contribution in [0.4, 0.5) is 5.69 Å². The third-order valence-electron chi connectivity index (χ3n) is 2.75. The molecule has 0 saturated carbocycles. The predicted molar refractivity (Wildman–Crippen MR) is 101 cm³/mol. The maximum atomic E-state index is 12.1. The molecule has 0 aliphatic rings. The third-order valence-corrected chi connectivity index (χ3v) is 3.95. The van der Waals surface area contributed by atoms with E-state index in [1.165, 1.54) is 12.3 Å². The van der Waals surface area contributed by atoms with Gasteiger partial charge in [-0.25, -0.2) is 0 Å². The van der Waals surface area contributed by atoms with E-state index in [1.54, 1.807) is 30.3 Å². The SMILES string of the molecule is O=C(N[C@H](NC(=S)Nc1ccccc1Cl)C(Cl)(Cl)Cl)c1ccco1. The van der Waals surface area contributed by atoms with Crippen molar-refractivity contribution >= 4 is 75.3 Å². The number of hydrogen-bond donors (Lipinski definition) is 3. The summed E-state index contributed by atoms with van der Waals surface area (Å²) in [5.74, 6) is -0.495. The number of anilines is 1. The molecule has 2 aromatic rings. The number of para-hydroxylation sites is 1. The van der Waals surface area contributed by atoms with Crippen LogP contribution in [0.15, 0.2) is 47.1 Å². The summed E-state index contributed by atoms with van der Waals surface area (Å²) in [7, 11) is 0. The number of furan rings is 1. The molecule has 5 nitrogen and oxygen atoms in total. The van der Waals surface area contributed by atoms with Crippen molar-refractivity contribution in [3.8, 4) is 0 Å². The molecular formula is C14H11Cl4N3O2S. The fourth-order valence-electron chi connectivity index (χ4n) is 1.66. The van der Waals surface area contributed by atoms with E-state index in [9.17, 15) is 4.79 Å². The first-order valence-electron chi connectivity index (χ1n) is 6.50. The molecule has 0 unspecified atom stereocenters. The second-order valence-electron chi connectivity index (χ2n) is 4.50. The zero-order chi connectivity index (χ0) is 17.7. The van der Waals surface area contributed by atoms with Crippen molar-refractivity contribution < 1.29 is 9.21 Å². The van der Waals surface area contributed by atoms with Gasteiger partial charge < -0.3 is 20.4 Å². The monoisotopic (exact) mass is 425 g/mol. The molecule has 1 amide bonds. The van der Waals surface area contributed by atoms with Gasteiger partial charge in [0.05, 0.1) is 17.0 Å². The van der Waals surface area contributed by atoms with E-state index in [0.717, 1.165) is 0 Å². The second kappa shape index (κ2) is 8.27. The van der Waals surface area contributed by atoms with E-state index in [-0.39, 0.29) is 10.9 Å². The molecule has 0 spiro atoms. The lowest BCUT2D eigenvalue weighted by Gasteiger charge is -2.27. The van der Waals surface area contributed by atoms with Crippen molar-refractivity contribution in [2.24, 2.45) is 0 Å². The fraction of sp³-hybridized carbons (Fsp3) is 0.143. The van der Waals surface area contributed by atoms with Gasteiger partial charge in [-0.05, 0) is 36.5 Å². The number of alkyl halides is 3. The van der Waals surface area contributed by atoms with Crippen LogP contribution in [0.3, 0.4) is 0 Å². The Morgan fingerprint density at radius 2 is 1.83 bits per heavy atom. The van der Waals surface area contributed by atoms with Crippen molar-refractivity contribution in [2.45, 2.75) is 9.96 Å². The van der Waals surface area contributed by atoms with Crippen LogP contribution in [0.1, 0.15) is 10.6 Å². The van der Waals surface area contributed by atoms with Gasteiger partial charge in [-0.3, -0.25) is 4.79 Å². The lowest BCUT2D eigenvalue weighted by Crippen LogP contribution is -2.56. The van der Waals surface area contributed by atoms with Gasteiger partial charge in [-0.15, -0.1) is 0 Å². The highest BCUT2D eigenvalue weighted by molar-refractivity contribution is 7.80. The van der Waals surface area contributed by atoms with Crippen LogP contribution in [0.25, 0.3) is 0 Å². The Bertz CT molecular complexity index is 719. The van der Waals surface area contributed by atoms with Crippen LogP contribution in [0.5, 0.6) is 0 Å². The molecule has 1 heterocycles. The molecule has 1 atom stereocenters. The van der Waals surface area contributed by atoms with Crippen molar-refractivity contribution in [3.63, 3.8) is 0 Å². The predicted octanol–water partition coefficient (Wildman–Crippen LogP) is 4.35. The molecule has 10 heteroatoms. The molecule has 0 fully saturated rings. The smallest absolute Gasteiger partial charge is 0.288 e. The maximum absolute atomic E-state index is 12.1. The minimum atomic E-state index is -1.87. The second-order valence-corrected chi connectivity index (χ2v) is 7.69. The highest BCUT2D eigenvalue weighted by Crippen LogP contribution is 2.29. The van der Waals surface area contributed by atoms with E-state index in [4.69, 9.17) is 63.0 Å². The molecule has 128 valence electrons. The first kappa shape index (κ1) is 19.1. The number of carbonyl (C=O) groups is 1. The summed E-state index contributed by atoms with van der Waals surface area (Å²) in [4.78, 5) is 12.1. The zero-order valence-corrected chi connectivity index (χ0v) is 15.7. The molecular weight excluding hydrogens is 416 g/mol. The largest absolute Gasteiger partial charge is 0.459 e. The molecule has 0 radical (unpaired) electrons. The summed E-state index contributed by atoms with van der Waals surface area (Å²) in [6.07, 6.45) is 0.249. The minimum absolute atomic E-state index is 0.0704. The summed E-state index contributed by atoms with van der Waals surface area (Å²) in [6.45, 7) is 0. The average Bonchev–Trinajstić information content (AvgIpc) is 3.02. The molecule has 1 aromatic heterocycles. The Morgan fingerprint density at radius 1 is 1.12 bits per heavy atom. The van der Waals surface area contributed by atoms with Crippen LogP contribution in [-0.2, 0) is 0 Å². The molecule has 2 rings (SSSR count). The number of carbonyl (C=O) groups excluding carboxylic acids is 1. The maximum Gasteiger partial charge on any atom is 0.288 e. The molecule has 1 aromatic carbocycles. The van der Waals surface area contributed by atoms with Gasteiger partial charge in [0.1, 0.15) is 6.17 Å². The van der Waals surface area contributed by atoms with Gasteiger partial charge >= 0.3 is 0 Å². The number of thiocarbonyl (C=S) groups is 1. The van der Waals surface area contributed by atoms with Crippen molar-refractivity contribution in [3.05, 3.63) is 53.4 Å². The van der Waals surface area contributed by atoms with Crippen LogP contribution in [0, 0.1) is 0 Å². The van der Waals surface area contributed by atoms with Crippen LogP contribution < -0.4 is 16.0 Å². The van der Waals surface area contributed by atoms with Gasteiger partial charge in [-0.2, -0.15) is 0 Å². The van der Waals surface area contributed by atoms with Gasteiger partial charge in [0.25, 0.3) is 5.91 Å². The Kier molecular flexibility index (Phi) is 6.60. The van der Waals surface area contributed by atoms with Crippen molar-refractivity contribution in [1.29, 1.82) is 0 Å². The lowest BCUT2D eigenvalue weighted by molar-refractivity contribution is 0.0906. The van der Waals surface area contributed by atoms with Crippen LogP contribution in [0.2, 0.25) is 5.02 Å². The van der Waals surface area contributed by atoms with E-state index in [2.05, 4.69) is 16.0 Å². The van der Waals surface area contributed by atoms with Crippen molar-refractivity contribution in [2.75, 3.05) is 5.32 Å². The van der Waals surface area contributed by atoms with Crippen molar-refractivity contribution in [1.82, 2.24) is 10.6 Å². The number of amides is 1. The first-order valence-corrected chi connectivity index (χ1v) is 8.42. The molecule has 24 heavy (non-hydrogen) atoms. The summed E-state index contributed by atoms with van der Waals surface area (Å²) in [5.41, 5.74) is 0.567. The van der Waals surface area contributed by atoms with E-state index < -0.39 is 15.9 Å². The minimum Gasteiger partial charge on any atom is -0.459 e. The number of benzene rings is 1. The molecule has 3 N–H and O–H groups in total. The van der Waals surface area contributed by atoms with E-state index >= 15 is 0 Å². The molecule has 0 bridgehead atoms. The Labute approximate surface area is 163 Å². The molecule has 0 aliphatic heterocycles. The lowest BCUT2D eigenvalue weighted by atomic mass is 10.3. The third kappa shape index (κ3) is 5.43. The number of hydrogen-bond acceptors (Lipinski definition) is 3. The normalized spacial score (nSPS) is 12.3. The number of nitrogens with one attached hydrogen (secondary N) is 3. The van der Waals surface area contributed by atoms with Gasteiger partial charge in [0.15, 0.2) is 10.9 Å².